The Labute approximate surface area is 319 Å². The van der Waals surface area contributed by atoms with Crippen LogP contribution in [0.15, 0.2) is 11.6 Å². The van der Waals surface area contributed by atoms with Gasteiger partial charge < -0.3 is 49.0 Å². The first-order chi connectivity index (χ1) is 25.0. The molecule has 0 bridgehead atoms. The fourth-order valence-corrected chi connectivity index (χ4v) is 7.36. The van der Waals surface area contributed by atoms with Gasteiger partial charge in [0.1, 0.15) is 17.8 Å². The summed E-state index contributed by atoms with van der Waals surface area (Å²) in [6.45, 7) is 14.1. The summed E-state index contributed by atoms with van der Waals surface area (Å²) in [7, 11) is 5.44. The Kier molecular flexibility index (Phi) is 18.0. The molecule has 1 fully saturated rings. The van der Waals surface area contributed by atoms with E-state index in [0.29, 0.717) is 18.5 Å². The normalized spacial score (nSPS) is 37.2. The van der Waals surface area contributed by atoms with Gasteiger partial charge in [-0.3, -0.25) is 28.9 Å². The number of ether oxygens (including phenoxy) is 5. The van der Waals surface area contributed by atoms with Gasteiger partial charge in [0.2, 0.25) is 0 Å². The van der Waals surface area contributed by atoms with E-state index in [1.807, 2.05) is 50.7 Å². The lowest BCUT2D eigenvalue weighted by Gasteiger charge is -2.45. The number of carboxylic acid groups (broad SMARTS) is 2. The average molecular weight is 773 g/mol. The molecule has 0 aromatic carbocycles. The van der Waals surface area contributed by atoms with E-state index in [0.717, 1.165) is 0 Å². The van der Waals surface area contributed by atoms with E-state index in [9.17, 15) is 34.2 Å². The molecule has 0 spiro atoms. The second-order valence-corrected chi connectivity index (χ2v) is 15.6. The molecule has 16 nitrogen and oxygen atoms in total. The largest absolute Gasteiger partial charge is 0.481 e. The van der Waals surface area contributed by atoms with E-state index in [4.69, 9.17) is 33.9 Å². The molecule has 13 atom stereocenters. The predicted octanol–water partition coefficient (Wildman–Crippen LogP) is 2.61. The summed E-state index contributed by atoms with van der Waals surface area (Å²) in [5.74, 6) is -6.77. The van der Waals surface area contributed by atoms with Crippen LogP contribution in [-0.2, 0) is 47.7 Å². The summed E-state index contributed by atoms with van der Waals surface area (Å²) in [5.41, 5.74) is -1.25. The quantitative estimate of drug-likeness (QED) is 0.127. The Bertz CT molecular complexity index is 1320. The molecule has 0 amide bonds. The zero-order chi connectivity index (χ0) is 41.2. The van der Waals surface area contributed by atoms with Gasteiger partial charge >= 0.3 is 29.8 Å². The van der Waals surface area contributed by atoms with Crippen LogP contribution in [0.3, 0.4) is 0 Å². The molecule has 0 radical (unpaired) electrons. The monoisotopic (exact) mass is 772 g/mol. The Morgan fingerprint density at radius 1 is 0.981 bits per heavy atom. The van der Waals surface area contributed by atoms with Crippen molar-refractivity contribution in [3.05, 3.63) is 11.6 Å². The number of cyclic esters (lactones) is 1. The minimum Gasteiger partial charge on any atom is -0.481 e. The maximum absolute atomic E-state index is 13.7. The maximum Gasteiger partial charge on any atom is 0.311 e. The lowest BCUT2D eigenvalue weighted by molar-refractivity contribution is -0.276. The summed E-state index contributed by atoms with van der Waals surface area (Å²) in [6, 6.07) is -0.999. The molecular weight excluding hydrogens is 708 g/mol. The van der Waals surface area contributed by atoms with Crippen molar-refractivity contribution in [3.8, 4) is 0 Å². The number of esters is 3. The zero-order valence-electron chi connectivity index (χ0n) is 33.7. The molecule has 0 aliphatic carbocycles. The van der Waals surface area contributed by atoms with Crippen molar-refractivity contribution in [1.82, 2.24) is 9.80 Å². The summed E-state index contributed by atoms with van der Waals surface area (Å²) in [6.07, 6.45) is -6.14. The molecule has 310 valence electrons. The van der Waals surface area contributed by atoms with Crippen LogP contribution in [-0.4, -0.2) is 148 Å². The second-order valence-electron chi connectivity index (χ2n) is 15.6. The number of likely N-dealkylation sites (N-methyl/N-ethyl adjacent to an activating group) is 2. The first kappa shape index (κ1) is 47.0. The van der Waals surface area contributed by atoms with Gasteiger partial charge in [-0.25, -0.2) is 0 Å². The summed E-state index contributed by atoms with van der Waals surface area (Å²) in [4.78, 5) is 65.5. The number of carbonyl (C=O) groups excluding carboxylic acids is 3. The highest BCUT2D eigenvalue weighted by atomic mass is 16.7. The van der Waals surface area contributed by atoms with Crippen molar-refractivity contribution in [3.63, 3.8) is 0 Å². The van der Waals surface area contributed by atoms with Crippen LogP contribution >= 0.6 is 0 Å². The number of hydrogen-bond acceptors (Lipinski definition) is 14. The minimum atomic E-state index is -1.93. The summed E-state index contributed by atoms with van der Waals surface area (Å²) in [5, 5.41) is 42.0. The van der Waals surface area contributed by atoms with Crippen LogP contribution in [0.2, 0.25) is 0 Å². The molecule has 2 aliphatic rings. The highest BCUT2D eigenvalue weighted by Crippen LogP contribution is 2.35. The van der Waals surface area contributed by atoms with Gasteiger partial charge in [-0.2, -0.15) is 0 Å². The Morgan fingerprint density at radius 3 is 2.06 bits per heavy atom. The predicted molar refractivity (Wildman–Crippen MR) is 195 cm³/mol. The molecule has 1 saturated heterocycles. The molecule has 4 N–H and O–H groups in total. The van der Waals surface area contributed by atoms with E-state index in [2.05, 4.69) is 0 Å². The van der Waals surface area contributed by atoms with E-state index in [-0.39, 0.29) is 30.9 Å². The minimum absolute atomic E-state index is 0.121. The number of nitrogens with zero attached hydrogens (tertiary/aromatic N) is 2. The second kappa shape index (κ2) is 20.7. The summed E-state index contributed by atoms with van der Waals surface area (Å²) >= 11 is 0. The van der Waals surface area contributed by atoms with Crippen molar-refractivity contribution in [2.24, 2.45) is 17.8 Å². The number of aliphatic hydroxyl groups is 2. The van der Waals surface area contributed by atoms with Crippen LogP contribution in [0.5, 0.6) is 0 Å². The number of carbonyl (C=O) groups is 5. The van der Waals surface area contributed by atoms with Gasteiger partial charge in [-0.1, -0.05) is 26.8 Å². The number of aliphatic hydroxyl groups excluding tert-OH is 1. The number of carboxylic acids is 2. The van der Waals surface area contributed by atoms with Crippen molar-refractivity contribution in [1.29, 1.82) is 0 Å². The van der Waals surface area contributed by atoms with E-state index in [1.54, 1.807) is 27.8 Å². The highest BCUT2D eigenvalue weighted by molar-refractivity contribution is 5.77. The van der Waals surface area contributed by atoms with Crippen molar-refractivity contribution < 1.29 is 68.1 Å². The van der Waals surface area contributed by atoms with Gasteiger partial charge in [0, 0.05) is 18.5 Å². The van der Waals surface area contributed by atoms with Crippen LogP contribution in [0, 0.1) is 17.8 Å². The third-order valence-electron chi connectivity index (χ3n) is 10.6. The van der Waals surface area contributed by atoms with Gasteiger partial charge in [-0.15, -0.1) is 0 Å². The molecular formula is C38H64N2O14. The molecule has 2 rings (SSSR count). The van der Waals surface area contributed by atoms with Crippen molar-refractivity contribution in [2.75, 3.05) is 27.7 Å². The first-order valence-corrected chi connectivity index (χ1v) is 18.8. The summed E-state index contributed by atoms with van der Waals surface area (Å²) < 4.78 is 30.4. The standard InChI is InChI=1S/C38H64N2O14/c1-12-27-38(8,49)35(53-31(46)16-14-29(43)44)25(7)40(11)19-20(2)17-21(3)33(23(5)32(47)24(6)36(48)51-27)54-37-34(52-30(45)15-13-28(41)42)26(39(9)10)18-22(4)50-37/h17,20,22-27,32-35,37,47,49H,12-16,18-19H2,1-11H3,(H,41,42)(H,43,44)/b21-17+/t20?,22-,23+,24-,25-,26+,27-,32+,33+,34-,35-,37+,38-/m1/s1. The van der Waals surface area contributed by atoms with Gasteiger partial charge in [0.25, 0.3) is 0 Å². The lowest BCUT2D eigenvalue weighted by atomic mass is 9.85. The number of aliphatic carboxylic acids is 2. The smallest absolute Gasteiger partial charge is 0.311 e. The molecule has 1 unspecified atom stereocenters. The third kappa shape index (κ3) is 13.0. The van der Waals surface area contributed by atoms with E-state index >= 15 is 0 Å². The fraction of sp³-hybridized carbons (Fsp3) is 0.816. The van der Waals surface area contributed by atoms with Crippen LogP contribution in [0.25, 0.3) is 0 Å². The third-order valence-corrected chi connectivity index (χ3v) is 10.6. The van der Waals surface area contributed by atoms with Crippen LogP contribution in [0.1, 0.15) is 93.9 Å². The Balaban J connectivity index is 2.62. The molecule has 2 aliphatic heterocycles. The van der Waals surface area contributed by atoms with Crippen molar-refractivity contribution in [2.45, 2.75) is 155 Å². The number of rotatable bonds is 12. The maximum atomic E-state index is 13.7. The van der Waals surface area contributed by atoms with E-state index < -0.39 is 109 Å². The zero-order valence-corrected chi connectivity index (χ0v) is 33.7. The van der Waals surface area contributed by atoms with Crippen LogP contribution in [0.4, 0.5) is 0 Å². The number of hydrogen-bond donors (Lipinski definition) is 4. The molecule has 16 heteroatoms. The molecule has 0 saturated carbocycles. The topological polar surface area (TPSA) is 219 Å². The molecule has 2 heterocycles. The van der Waals surface area contributed by atoms with Crippen molar-refractivity contribution >= 4 is 29.8 Å². The lowest BCUT2D eigenvalue weighted by Crippen LogP contribution is -2.60. The van der Waals surface area contributed by atoms with Gasteiger partial charge in [0.15, 0.2) is 12.4 Å². The Morgan fingerprint density at radius 2 is 1.54 bits per heavy atom. The SMILES string of the molecule is CC[C@H]1OC(=O)[C@H](C)[C@@H](O)[C@H](C)[C@@H](O[C@@H]2O[C@H](C)C[C@H](N(C)C)[C@H]2OC(=O)CCC(=O)O)/C(C)=C/C(C)CN(C)[C@H](C)[C@@H](OC(=O)CCC(=O)O)[C@]1(C)O. The molecule has 0 aromatic heterocycles. The van der Waals surface area contributed by atoms with Crippen LogP contribution < -0.4 is 0 Å². The van der Waals surface area contributed by atoms with E-state index in [1.165, 1.54) is 13.8 Å². The first-order valence-electron chi connectivity index (χ1n) is 18.8. The molecule has 0 aromatic rings. The van der Waals surface area contributed by atoms with Gasteiger partial charge in [-0.05, 0) is 80.1 Å². The Hall–Kier alpha value is -3.15. The fourth-order valence-electron chi connectivity index (χ4n) is 7.36. The highest BCUT2D eigenvalue weighted by Gasteiger charge is 2.49. The van der Waals surface area contributed by atoms with Gasteiger partial charge in [0.05, 0.1) is 56.0 Å². The average Bonchev–Trinajstić information content (AvgIpc) is 3.08. The molecule has 54 heavy (non-hydrogen) atoms.